The molecule has 3 aromatic rings. The van der Waals surface area contributed by atoms with Crippen molar-refractivity contribution in [2.24, 2.45) is 0 Å². The molecule has 5 rings (SSSR count). The summed E-state index contributed by atoms with van der Waals surface area (Å²) < 4.78 is 30.9. The summed E-state index contributed by atoms with van der Waals surface area (Å²) in [5.41, 5.74) is 4.26. The van der Waals surface area contributed by atoms with E-state index in [-0.39, 0.29) is 11.9 Å². The van der Waals surface area contributed by atoms with Crippen LogP contribution in [0.4, 0.5) is 5.69 Å². The number of anilines is 1. The molecule has 1 amide bonds. The van der Waals surface area contributed by atoms with Gasteiger partial charge in [0.05, 0.1) is 18.0 Å². The van der Waals surface area contributed by atoms with Crippen molar-refractivity contribution in [2.45, 2.75) is 26.3 Å². The summed E-state index contributed by atoms with van der Waals surface area (Å²) in [6, 6.07) is 13.3. The fourth-order valence-corrected chi connectivity index (χ4v) is 5.68. The number of hydrogen-bond donors (Lipinski definition) is 0. The third kappa shape index (κ3) is 4.68. The van der Waals surface area contributed by atoms with Gasteiger partial charge in [-0.15, -0.1) is 0 Å². The average Bonchev–Trinajstić information content (AvgIpc) is 3.51. The van der Waals surface area contributed by atoms with E-state index in [4.69, 9.17) is 4.52 Å². The van der Waals surface area contributed by atoms with Crippen molar-refractivity contribution in [1.29, 1.82) is 0 Å². The molecule has 0 spiro atoms. The van der Waals surface area contributed by atoms with E-state index in [1.54, 1.807) is 12.1 Å². The van der Waals surface area contributed by atoms with E-state index >= 15 is 0 Å². The maximum atomic E-state index is 13.1. The first-order valence-electron chi connectivity index (χ1n) is 11.8. The number of nitrogens with zero attached hydrogens (tertiary/aromatic N) is 5. The predicted octanol–water partition coefficient (Wildman–Crippen LogP) is 2.89. The first-order valence-corrected chi connectivity index (χ1v) is 13.6. The number of benzene rings is 2. The maximum absolute atomic E-state index is 13.1. The lowest BCUT2D eigenvalue weighted by Crippen LogP contribution is -2.49. The third-order valence-electron chi connectivity index (χ3n) is 6.84. The number of amides is 1. The fourth-order valence-electron chi connectivity index (χ4n) is 4.72. The monoisotopic (exact) mass is 495 g/mol. The van der Waals surface area contributed by atoms with Gasteiger partial charge in [-0.2, -0.15) is 4.98 Å². The van der Waals surface area contributed by atoms with Crippen LogP contribution in [-0.4, -0.2) is 73.2 Å². The molecule has 2 aliphatic rings. The molecule has 35 heavy (non-hydrogen) atoms. The Bertz CT molecular complexity index is 1340. The number of rotatable bonds is 5. The highest BCUT2D eigenvalue weighted by atomic mass is 32.2. The molecule has 9 nitrogen and oxygen atoms in total. The van der Waals surface area contributed by atoms with E-state index in [9.17, 15) is 13.2 Å². The van der Waals surface area contributed by atoms with Crippen LogP contribution in [0, 0.1) is 6.92 Å². The van der Waals surface area contributed by atoms with Crippen LogP contribution in [0.3, 0.4) is 0 Å². The van der Waals surface area contributed by atoms with Crippen LogP contribution >= 0.6 is 0 Å². The Hall–Kier alpha value is -3.24. The molecular formula is C25H29N5O4S. The van der Waals surface area contributed by atoms with Gasteiger partial charge in [0.1, 0.15) is 0 Å². The minimum atomic E-state index is -3.31. The number of fused-ring (bicyclic) bond motifs is 1. The Morgan fingerprint density at radius 1 is 1.03 bits per heavy atom. The third-order valence-corrected chi connectivity index (χ3v) is 8.02. The lowest BCUT2D eigenvalue weighted by Gasteiger charge is -2.36. The van der Waals surface area contributed by atoms with Crippen LogP contribution in [0.5, 0.6) is 0 Å². The summed E-state index contributed by atoms with van der Waals surface area (Å²) in [4.78, 5) is 21.8. The van der Waals surface area contributed by atoms with E-state index in [2.05, 4.69) is 15.0 Å². The number of sulfonamides is 1. The highest BCUT2D eigenvalue weighted by Crippen LogP contribution is 2.31. The number of carbonyl (C=O) groups is 1. The summed E-state index contributed by atoms with van der Waals surface area (Å²) in [7, 11) is -3.31. The zero-order chi connectivity index (χ0) is 24.7. The van der Waals surface area contributed by atoms with Crippen molar-refractivity contribution < 1.29 is 17.7 Å². The first kappa shape index (κ1) is 23.5. The smallest absolute Gasteiger partial charge is 0.253 e. The van der Waals surface area contributed by atoms with Crippen LogP contribution in [0.2, 0.25) is 0 Å². The second-order valence-corrected chi connectivity index (χ2v) is 11.2. The molecule has 2 aliphatic heterocycles. The van der Waals surface area contributed by atoms with Gasteiger partial charge in [-0.1, -0.05) is 35.0 Å². The second kappa shape index (κ2) is 9.09. The highest BCUT2D eigenvalue weighted by Gasteiger charge is 2.30. The predicted molar refractivity (Wildman–Crippen MR) is 133 cm³/mol. The highest BCUT2D eigenvalue weighted by molar-refractivity contribution is 7.92. The Morgan fingerprint density at radius 2 is 1.74 bits per heavy atom. The number of aromatic nitrogens is 2. The molecule has 1 aromatic heterocycles. The van der Waals surface area contributed by atoms with Gasteiger partial charge in [0, 0.05) is 43.9 Å². The molecule has 0 radical (unpaired) electrons. The first-order chi connectivity index (χ1) is 16.7. The molecular weight excluding hydrogens is 466 g/mol. The van der Waals surface area contributed by atoms with E-state index in [0.717, 1.165) is 11.1 Å². The zero-order valence-electron chi connectivity index (χ0n) is 20.1. The summed E-state index contributed by atoms with van der Waals surface area (Å²) in [5, 5.41) is 4.15. The minimum absolute atomic E-state index is 0.0302. The number of aryl methyl sites for hydroxylation is 1. The van der Waals surface area contributed by atoms with Crippen molar-refractivity contribution in [1.82, 2.24) is 19.9 Å². The van der Waals surface area contributed by atoms with Gasteiger partial charge in [-0.25, -0.2) is 8.42 Å². The van der Waals surface area contributed by atoms with Crippen molar-refractivity contribution in [3.63, 3.8) is 0 Å². The molecule has 1 fully saturated rings. The lowest BCUT2D eigenvalue weighted by atomic mass is 10.1. The van der Waals surface area contributed by atoms with Gasteiger partial charge in [-0.05, 0) is 44.0 Å². The van der Waals surface area contributed by atoms with Gasteiger partial charge in [0.15, 0.2) is 0 Å². The quantitative estimate of drug-likeness (QED) is 0.537. The molecule has 10 heteroatoms. The number of piperazine rings is 1. The molecule has 1 unspecified atom stereocenters. The Morgan fingerprint density at radius 3 is 2.43 bits per heavy atom. The Kier molecular flexibility index (Phi) is 6.10. The summed E-state index contributed by atoms with van der Waals surface area (Å²) >= 11 is 0. The van der Waals surface area contributed by atoms with Crippen molar-refractivity contribution in [2.75, 3.05) is 43.3 Å². The molecule has 0 N–H and O–H groups in total. The molecule has 184 valence electrons. The fraction of sp³-hybridized carbons (Fsp3) is 0.400. The molecule has 1 saturated heterocycles. The van der Waals surface area contributed by atoms with Crippen LogP contribution < -0.4 is 4.31 Å². The molecule has 0 bridgehead atoms. The van der Waals surface area contributed by atoms with Crippen LogP contribution in [0.25, 0.3) is 11.4 Å². The van der Waals surface area contributed by atoms with E-state index in [0.29, 0.717) is 62.1 Å². The molecule has 3 heterocycles. The summed E-state index contributed by atoms with van der Waals surface area (Å²) in [6.07, 6.45) is 1.82. The van der Waals surface area contributed by atoms with Crippen LogP contribution in [0.1, 0.15) is 40.3 Å². The SMILES string of the molecule is Cc1ccc(-c2noc(C(C)N3CCN(C(=O)c4ccc5c(c4)CCN5S(C)(=O)=O)CC3)n2)cc1. The molecule has 0 aliphatic carbocycles. The molecule has 1 atom stereocenters. The van der Waals surface area contributed by atoms with Crippen molar-refractivity contribution in [3.05, 3.63) is 65.0 Å². The van der Waals surface area contributed by atoms with Gasteiger partial charge < -0.3 is 9.42 Å². The van der Waals surface area contributed by atoms with E-state index in [1.807, 2.05) is 49.1 Å². The topological polar surface area (TPSA) is 99.9 Å². The zero-order valence-corrected chi connectivity index (χ0v) is 21.0. The largest absolute Gasteiger partial charge is 0.337 e. The standard InChI is InChI=1S/C25H29N5O4S/c1-17-4-6-19(7-5-17)23-26-24(34-27-23)18(2)28-12-14-29(15-13-28)25(31)21-8-9-22-20(16-21)10-11-30(22)35(3,32)33/h4-9,16,18H,10-15H2,1-3H3. The number of hydrogen-bond acceptors (Lipinski definition) is 7. The van der Waals surface area contributed by atoms with Gasteiger partial charge in [0.2, 0.25) is 21.7 Å². The van der Waals surface area contributed by atoms with Crippen LogP contribution in [-0.2, 0) is 16.4 Å². The normalized spacial score (nSPS) is 17.5. The Labute approximate surface area is 205 Å². The van der Waals surface area contributed by atoms with E-state index in [1.165, 1.54) is 16.1 Å². The maximum Gasteiger partial charge on any atom is 0.253 e. The van der Waals surface area contributed by atoms with Crippen molar-refractivity contribution >= 4 is 21.6 Å². The van der Waals surface area contributed by atoms with Crippen LogP contribution in [0.15, 0.2) is 47.0 Å². The summed E-state index contributed by atoms with van der Waals surface area (Å²) in [6.45, 7) is 7.07. The average molecular weight is 496 g/mol. The van der Waals surface area contributed by atoms with Gasteiger partial charge >= 0.3 is 0 Å². The molecule has 2 aromatic carbocycles. The molecule has 0 saturated carbocycles. The Balaban J connectivity index is 1.21. The van der Waals surface area contributed by atoms with Gasteiger partial charge in [0.25, 0.3) is 5.91 Å². The van der Waals surface area contributed by atoms with Crippen molar-refractivity contribution in [3.8, 4) is 11.4 Å². The minimum Gasteiger partial charge on any atom is -0.337 e. The lowest BCUT2D eigenvalue weighted by molar-refractivity contribution is 0.0551. The van der Waals surface area contributed by atoms with Gasteiger partial charge in [-0.3, -0.25) is 14.0 Å². The second-order valence-electron chi connectivity index (χ2n) is 9.26. The van der Waals surface area contributed by atoms with E-state index < -0.39 is 10.0 Å². The summed E-state index contributed by atoms with van der Waals surface area (Å²) in [5.74, 6) is 1.11. The number of carbonyl (C=O) groups excluding carboxylic acids is 1.